The van der Waals surface area contributed by atoms with E-state index < -0.39 is 0 Å². The second-order valence-electron chi connectivity index (χ2n) is 0.118. The Kier molecular flexibility index (Phi) is 21.6. The molecule has 0 spiro atoms. The number of primary amides is 1. The molecule has 0 bridgehead atoms. The third kappa shape index (κ3) is 24.2. The molecule has 0 aliphatic rings. The van der Waals surface area contributed by atoms with E-state index in [-0.39, 0.29) is 29.6 Å². The number of hydrogen-bond acceptors (Lipinski definition) is 1. The molecular formula is CH2NNaO. The van der Waals surface area contributed by atoms with Gasteiger partial charge in [-0.25, -0.2) is 0 Å². The zero-order valence-electron chi connectivity index (χ0n) is 2.49. The van der Waals surface area contributed by atoms with Crippen molar-refractivity contribution in [3.63, 3.8) is 0 Å². The van der Waals surface area contributed by atoms with Gasteiger partial charge in [0.05, 0.1) is 0 Å². The summed E-state index contributed by atoms with van der Waals surface area (Å²) >= 11 is 0. The number of rotatable bonds is 0. The molecule has 3 heteroatoms. The monoisotopic (exact) mass is 67.0 g/mol. The van der Waals surface area contributed by atoms with Crippen molar-refractivity contribution in [1.82, 2.24) is 0 Å². The fraction of sp³-hybridized carbons (Fsp3) is 0. The normalized spacial score (nSPS) is 3.00. The van der Waals surface area contributed by atoms with Crippen molar-refractivity contribution in [2.24, 2.45) is 5.73 Å². The van der Waals surface area contributed by atoms with Gasteiger partial charge in [-0.1, -0.05) is 0 Å². The molecule has 0 aliphatic carbocycles. The summed E-state index contributed by atoms with van der Waals surface area (Å²) < 4.78 is 0. The van der Waals surface area contributed by atoms with Crippen molar-refractivity contribution < 1.29 is 34.4 Å². The molecule has 0 radical (unpaired) electrons. The average Bonchev–Trinajstić information content (AvgIpc) is 0.918. The Balaban J connectivity index is 0. The van der Waals surface area contributed by atoms with Crippen LogP contribution in [0.15, 0.2) is 0 Å². The maximum atomic E-state index is 8.46. The predicted molar refractivity (Wildman–Crippen MR) is 9.88 cm³/mol. The van der Waals surface area contributed by atoms with Crippen molar-refractivity contribution in [2.45, 2.75) is 0 Å². The minimum Gasteiger partial charge on any atom is -0.543 e. The minimum absolute atomic E-state index is 0. The first-order valence-corrected chi connectivity index (χ1v) is 0.493. The number of hydrogen-bond donors (Lipinski definition) is 1. The van der Waals surface area contributed by atoms with Gasteiger partial charge in [0.2, 0.25) is 0 Å². The maximum Gasteiger partial charge on any atom is 1.00 e. The van der Waals surface area contributed by atoms with E-state index in [9.17, 15) is 0 Å². The van der Waals surface area contributed by atoms with Crippen LogP contribution in [-0.4, -0.2) is 6.41 Å². The van der Waals surface area contributed by atoms with Gasteiger partial charge in [0.25, 0.3) is 0 Å². The molecule has 0 aliphatic heterocycles. The molecular weight excluding hydrogens is 65.0 g/mol. The molecule has 2 N–H and O–H groups in total. The summed E-state index contributed by atoms with van der Waals surface area (Å²) in [6.07, 6.45) is 1.00. The number of carbonyl (C=O) groups excluding carboxylic acids is 1. The quantitative estimate of drug-likeness (QED) is 0.175. The van der Waals surface area contributed by atoms with E-state index in [0.29, 0.717) is 0 Å². The third-order valence-corrected chi connectivity index (χ3v) is 0. The summed E-state index contributed by atoms with van der Waals surface area (Å²) in [5.41, 5.74) is 4.04. The van der Waals surface area contributed by atoms with Crippen molar-refractivity contribution in [1.29, 1.82) is 0 Å². The van der Waals surface area contributed by atoms with E-state index in [1.54, 1.807) is 0 Å². The summed E-state index contributed by atoms with van der Waals surface area (Å²) in [7, 11) is 0. The smallest absolute Gasteiger partial charge is 0.543 e. The van der Waals surface area contributed by atoms with Crippen molar-refractivity contribution >= 4 is 6.41 Å². The Morgan fingerprint density at radius 1 is 1.75 bits per heavy atom. The van der Waals surface area contributed by atoms with Gasteiger partial charge in [-0.3, -0.25) is 0 Å². The molecule has 0 saturated carbocycles. The van der Waals surface area contributed by atoms with Crippen LogP contribution < -0.4 is 35.3 Å². The molecule has 0 atom stereocenters. The van der Waals surface area contributed by atoms with Crippen LogP contribution >= 0.6 is 0 Å². The van der Waals surface area contributed by atoms with E-state index in [1.165, 1.54) is 0 Å². The van der Waals surface area contributed by atoms with Gasteiger partial charge in [-0.05, 0) is 0 Å². The first-order valence-electron chi connectivity index (χ1n) is 0.493. The molecule has 0 aromatic heterocycles. The molecule has 2 nitrogen and oxygen atoms in total. The van der Waals surface area contributed by atoms with E-state index >= 15 is 0 Å². The SMILES string of the molecule is N[C-]=O.[Na+]. The molecule has 18 valence electrons. The van der Waals surface area contributed by atoms with Crippen molar-refractivity contribution in [3.05, 3.63) is 0 Å². The topological polar surface area (TPSA) is 43.1 Å². The van der Waals surface area contributed by atoms with Crippen LogP contribution in [0.3, 0.4) is 0 Å². The summed E-state index contributed by atoms with van der Waals surface area (Å²) in [4.78, 5) is 8.46. The molecule has 0 aromatic rings. The summed E-state index contributed by atoms with van der Waals surface area (Å²) in [5.74, 6) is 0. The zero-order valence-corrected chi connectivity index (χ0v) is 4.49. The molecule has 1 amide bonds. The largest absolute Gasteiger partial charge is 1.00 e. The van der Waals surface area contributed by atoms with Gasteiger partial charge in [0, 0.05) is 0 Å². The molecule has 4 heavy (non-hydrogen) atoms. The van der Waals surface area contributed by atoms with Crippen molar-refractivity contribution in [2.75, 3.05) is 0 Å². The van der Waals surface area contributed by atoms with Crippen LogP contribution in [0.25, 0.3) is 0 Å². The summed E-state index contributed by atoms with van der Waals surface area (Å²) in [6, 6.07) is 0. The maximum absolute atomic E-state index is 8.46. The van der Waals surface area contributed by atoms with Crippen LogP contribution in [0.5, 0.6) is 0 Å². The Labute approximate surface area is 46.7 Å². The van der Waals surface area contributed by atoms with Crippen LogP contribution in [-0.2, 0) is 4.79 Å². The molecule has 0 unspecified atom stereocenters. The predicted octanol–water partition coefficient (Wildman–Crippen LogP) is -3.98. The first-order chi connectivity index (χ1) is 1.41. The molecule has 0 heterocycles. The fourth-order valence-corrected chi connectivity index (χ4v) is 0. The third-order valence-electron chi connectivity index (χ3n) is 0. The summed E-state index contributed by atoms with van der Waals surface area (Å²) in [5, 5.41) is 0. The molecule has 0 rings (SSSR count). The van der Waals surface area contributed by atoms with Gasteiger partial charge in [0.1, 0.15) is 0 Å². The summed E-state index contributed by atoms with van der Waals surface area (Å²) in [6.45, 7) is 0. The van der Waals surface area contributed by atoms with Crippen LogP contribution in [0.4, 0.5) is 0 Å². The average molecular weight is 67.0 g/mol. The van der Waals surface area contributed by atoms with Crippen molar-refractivity contribution in [3.8, 4) is 0 Å². The first kappa shape index (κ1) is 8.82. The van der Waals surface area contributed by atoms with Gasteiger partial charge in [-0.2, -0.15) is 6.41 Å². The Morgan fingerprint density at radius 3 is 1.75 bits per heavy atom. The zero-order chi connectivity index (χ0) is 2.71. The van der Waals surface area contributed by atoms with Gasteiger partial charge in [0.15, 0.2) is 0 Å². The van der Waals surface area contributed by atoms with E-state index in [1.807, 2.05) is 0 Å². The fourth-order valence-electron chi connectivity index (χ4n) is 0. The second-order valence-corrected chi connectivity index (χ2v) is 0.118. The van der Waals surface area contributed by atoms with Gasteiger partial charge >= 0.3 is 29.6 Å². The standard InChI is InChI=1S/CH2NO.Na/c2-1-3;/h(H2,2,3);/q-1;+1. The van der Waals surface area contributed by atoms with Crippen LogP contribution in [0, 0.1) is 0 Å². The second kappa shape index (κ2) is 9.80. The van der Waals surface area contributed by atoms with Gasteiger partial charge < -0.3 is 10.5 Å². The molecule has 0 saturated heterocycles. The number of nitrogens with two attached hydrogens (primary N) is 1. The van der Waals surface area contributed by atoms with E-state index in [4.69, 9.17) is 4.79 Å². The Hall–Kier alpha value is 0.470. The van der Waals surface area contributed by atoms with E-state index in [0.717, 1.165) is 6.41 Å². The minimum atomic E-state index is 0. The number of amides is 1. The molecule has 0 aromatic carbocycles. The van der Waals surface area contributed by atoms with Crippen LogP contribution in [0.2, 0.25) is 0 Å². The van der Waals surface area contributed by atoms with Crippen LogP contribution in [0.1, 0.15) is 0 Å². The molecule has 0 fully saturated rings. The van der Waals surface area contributed by atoms with Gasteiger partial charge in [-0.15, -0.1) is 0 Å². The van der Waals surface area contributed by atoms with E-state index in [2.05, 4.69) is 5.73 Å². The Morgan fingerprint density at radius 2 is 1.75 bits per heavy atom. The Bertz CT molecular complexity index is 15.5.